The van der Waals surface area contributed by atoms with Crippen molar-refractivity contribution in [2.24, 2.45) is 0 Å². The fourth-order valence-corrected chi connectivity index (χ4v) is 0.663. The van der Waals surface area contributed by atoms with E-state index in [1.165, 1.54) is 0 Å². The van der Waals surface area contributed by atoms with E-state index in [1.807, 2.05) is 0 Å². The van der Waals surface area contributed by atoms with Gasteiger partial charge in [0.05, 0.1) is 13.2 Å². The van der Waals surface area contributed by atoms with Gasteiger partial charge in [-0.15, -0.1) is 0 Å². The lowest BCUT2D eigenvalue weighted by atomic mass is 10.4. The molecule has 2 unspecified atom stereocenters. The zero-order valence-corrected chi connectivity index (χ0v) is 7.36. The average Bonchev–Trinajstić information content (AvgIpc) is 2.80. The molecule has 13 heavy (non-hydrogen) atoms. The Kier molecular flexibility index (Phi) is 3.41. The van der Waals surface area contributed by atoms with Gasteiger partial charge < -0.3 is 19.3 Å². The van der Waals surface area contributed by atoms with Gasteiger partial charge in [0.15, 0.2) is 0 Å². The van der Waals surface area contributed by atoms with Crippen LogP contribution in [0.5, 0.6) is 0 Å². The van der Waals surface area contributed by atoms with Crippen molar-refractivity contribution in [3.63, 3.8) is 0 Å². The first-order valence-electron chi connectivity index (χ1n) is 3.89. The summed E-state index contributed by atoms with van der Waals surface area (Å²) in [5.74, 6) is -0.500. The van der Waals surface area contributed by atoms with Crippen molar-refractivity contribution in [1.29, 1.82) is 0 Å². The number of ether oxygens (including phenoxy) is 3. The monoisotopic (exact) mass is 188 g/mol. The largest absolute Gasteiger partial charge is 0.427 e. The summed E-state index contributed by atoms with van der Waals surface area (Å²) in [6.07, 6.45) is -1.17. The lowest BCUT2D eigenvalue weighted by Gasteiger charge is -1.99. The Hall–Kier alpha value is -0.910. The normalized spacial score (nSPS) is 25.4. The Morgan fingerprint density at radius 1 is 1.62 bits per heavy atom. The molecule has 0 bridgehead atoms. The van der Waals surface area contributed by atoms with Crippen molar-refractivity contribution >= 4 is 5.97 Å². The Morgan fingerprint density at radius 3 is 2.85 bits per heavy atom. The second-order valence-electron chi connectivity index (χ2n) is 2.65. The summed E-state index contributed by atoms with van der Waals surface area (Å²) in [4.78, 5) is 10.9. The molecular weight excluding hydrogens is 176 g/mol. The average molecular weight is 188 g/mol. The van der Waals surface area contributed by atoms with Crippen LogP contribution in [0.25, 0.3) is 0 Å². The highest BCUT2D eigenvalue weighted by atomic mass is 16.9. The van der Waals surface area contributed by atoms with Crippen LogP contribution in [-0.4, -0.2) is 36.9 Å². The molecule has 1 rings (SSSR count). The molecule has 0 aromatic rings. The molecule has 1 heterocycles. The summed E-state index contributed by atoms with van der Waals surface area (Å²) in [6.45, 7) is 5.05. The summed E-state index contributed by atoms with van der Waals surface area (Å²) >= 11 is 0. The van der Waals surface area contributed by atoms with Crippen LogP contribution in [0.15, 0.2) is 12.2 Å². The number of hydrogen-bond donors (Lipinski definition) is 1. The predicted octanol–water partition coefficient (Wildman–Crippen LogP) is -0.203. The standard InChI is InChI=1S/C8H12O5/c1-5(2)6(10)12-8-7(13-8)11-4-3-9/h7-9H,1,3-4H2,2H3. The van der Waals surface area contributed by atoms with Crippen LogP contribution in [0.3, 0.4) is 0 Å². The molecule has 1 N–H and O–H groups in total. The molecule has 0 saturated carbocycles. The van der Waals surface area contributed by atoms with Gasteiger partial charge in [-0.2, -0.15) is 0 Å². The summed E-state index contributed by atoms with van der Waals surface area (Å²) in [7, 11) is 0. The number of epoxide rings is 1. The van der Waals surface area contributed by atoms with Crippen LogP contribution in [0, 0.1) is 0 Å². The number of aliphatic hydroxyl groups excluding tert-OH is 1. The number of hydrogen-bond acceptors (Lipinski definition) is 5. The first-order chi connectivity index (χ1) is 6.15. The number of carbonyl (C=O) groups excluding carboxylic acids is 1. The third-order valence-electron chi connectivity index (χ3n) is 1.36. The van der Waals surface area contributed by atoms with Gasteiger partial charge in [0.25, 0.3) is 6.29 Å². The molecule has 0 aromatic carbocycles. The molecule has 1 saturated heterocycles. The van der Waals surface area contributed by atoms with Crippen molar-refractivity contribution in [1.82, 2.24) is 0 Å². The van der Waals surface area contributed by atoms with E-state index in [9.17, 15) is 4.79 Å². The van der Waals surface area contributed by atoms with E-state index in [2.05, 4.69) is 6.58 Å². The second kappa shape index (κ2) is 4.36. The quantitative estimate of drug-likeness (QED) is 0.367. The molecule has 0 spiro atoms. The fourth-order valence-electron chi connectivity index (χ4n) is 0.663. The smallest absolute Gasteiger partial charge is 0.335 e. The molecule has 74 valence electrons. The predicted molar refractivity (Wildman–Crippen MR) is 42.6 cm³/mol. The Balaban J connectivity index is 2.13. The molecule has 0 aliphatic carbocycles. The molecule has 2 atom stereocenters. The first kappa shape index (κ1) is 10.2. The molecule has 5 nitrogen and oxygen atoms in total. The molecule has 0 amide bonds. The van der Waals surface area contributed by atoms with E-state index in [0.29, 0.717) is 5.57 Å². The van der Waals surface area contributed by atoms with E-state index in [0.717, 1.165) is 0 Å². The number of rotatable bonds is 5. The van der Waals surface area contributed by atoms with Gasteiger partial charge in [0, 0.05) is 5.57 Å². The van der Waals surface area contributed by atoms with Crippen molar-refractivity contribution in [3.8, 4) is 0 Å². The highest BCUT2D eigenvalue weighted by Crippen LogP contribution is 2.24. The molecule has 0 radical (unpaired) electrons. The minimum absolute atomic E-state index is 0.0823. The lowest BCUT2D eigenvalue weighted by Crippen LogP contribution is -2.12. The maximum Gasteiger partial charge on any atom is 0.335 e. The van der Waals surface area contributed by atoms with Crippen molar-refractivity contribution in [3.05, 3.63) is 12.2 Å². The van der Waals surface area contributed by atoms with Crippen molar-refractivity contribution in [2.45, 2.75) is 19.5 Å². The van der Waals surface area contributed by atoms with Gasteiger partial charge in [-0.25, -0.2) is 4.79 Å². The van der Waals surface area contributed by atoms with Crippen molar-refractivity contribution < 1.29 is 24.1 Å². The minimum atomic E-state index is -0.643. The fraction of sp³-hybridized carbons (Fsp3) is 0.625. The van der Waals surface area contributed by atoms with Crippen LogP contribution in [0.4, 0.5) is 0 Å². The van der Waals surface area contributed by atoms with Crippen LogP contribution in [0.1, 0.15) is 6.92 Å². The lowest BCUT2D eigenvalue weighted by molar-refractivity contribution is -0.144. The van der Waals surface area contributed by atoms with E-state index in [-0.39, 0.29) is 13.2 Å². The molecule has 1 aliphatic rings. The van der Waals surface area contributed by atoms with Gasteiger partial charge in [-0.1, -0.05) is 6.58 Å². The van der Waals surface area contributed by atoms with E-state index in [1.54, 1.807) is 6.92 Å². The van der Waals surface area contributed by atoms with E-state index >= 15 is 0 Å². The number of esters is 1. The molecule has 1 aliphatic heterocycles. The maximum absolute atomic E-state index is 10.9. The van der Waals surface area contributed by atoms with Crippen molar-refractivity contribution in [2.75, 3.05) is 13.2 Å². The van der Waals surface area contributed by atoms with Gasteiger partial charge in [0.1, 0.15) is 0 Å². The Morgan fingerprint density at radius 2 is 2.31 bits per heavy atom. The van der Waals surface area contributed by atoms with Gasteiger partial charge in [-0.3, -0.25) is 0 Å². The molecule has 0 aromatic heterocycles. The molecular formula is C8H12O5. The second-order valence-corrected chi connectivity index (χ2v) is 2.65. The maximum atomic E-state index is 10.9. The van der Waals surface area contributed by atoms with Crippen LogP contribution in [0.2, 0.25) is 0 Å². The van der Waals surface area contributed by atoms with Crippen LogP contribution >= 0.6 is 0 Å². The summed E-state index contributed by atoms with van der Waals surface area (Å²) < 4.78 is 14.5. The highest BCUT2D eigenvalue weighted by molar-refractivity contribution is 5.87. The summed E-state index contributed by atoms with van der Waals surface area (Å²) in [6, 6.07) is 0. The van der Waals surface area contributed by atoms with E-state index < -0.39 is 18.5 Å². The Labute approximate surface area is 75.9 Å². The zero-order valence-electron chi connectivity index (χ0n) is 7.36. The van der Waals surface area contributed by atoms with E-state index in [4.69, 9.17) is 19.3 Å². The van der Waals surface area contributed by atoms with Gasteiger partial charge in [-0.05, 0) is 6.92 Å². The minimum Gasteiger partial charge on any atom is -0.427 e. The first-order valence-corrected chi connectivity index (χ1v) is 3.89. The van der Waals surface area contributed by atoms with Crippen LogP contribution in [-0.2, 0) is 19.0 Å². The SMILES string of the molecule is C=C(C)C(=O)OC1OC1OCCO. The van der Waals surface area contributed by atoms with Gasteiger partial charge >= 0.3 is 5.97 Å². The third kappa shape index (κ3) is 3.14. The number of aliphatic hydroxyl groups is 1. The zero-order chi connectivity index (χ0) is 9.84. The van der Waals surface area contributed by atoms with Gasteiger partial charge in [0.2, 0.25) is 6.29 Å². The third-order valence-corrected chi connectivity index (χ3v) is 1.36. The topological polar surface area (TPSA) is 68.3 Å². The van der Waals surface area contributed by atoms with Crippen LogP contribution < -0.4 is 0 Å². The molecule has 5 heteroatoms. The highest BCUT2D eigenvalue weighted by Gasteiger charge is 2.44. The summed E-state index contributed by atoms with van der Waals surface area (Å²) in [5, 5.41) is 8.40. The Bertz CT molecular complexity index is 213. The number of carbonyl (C=O) groups is 1. The molecule has 1 fully saturated rings. The summed E-state index contributed by atoms with van der Waals surface area (Å²) in [5.41, 5.74) is 0.316.